The van der Waals surface area contributed by atoms with Crippen molar-refractivity contribution in [2.75, 3.05) is 23.3 Å². The predicted octanol–water partition coefficient (Wildman–Crippen LogP) is 3.45. The molecule has 0 aromatic heterocycles. The smallest absolute Gasteiger partial charge is 0.247 e. The van der Waals surface area contributed by atoms with Crippen molar-refractivity contribution in [3.8, 4) is 0 Å². The summed E-state index contributed by atoms with van der Waals surface area (Å²) in [5, 5.41) is 3.51. The number of anilines is 2. The number of hydrogen-bond donors (Lipinski definition) is 1. The van der Waals surface area contributed by atoms with Crippen LogP contribution in [0.15, 0.2) is 30.9 Å². The van der Waals surface area contributed by atoms with Crippen LogP contribution in [-0.2, 0) is 4.79 Å². The van der Waals surface area contributed by atoms with Crippen molar-refractivity contribution in [2.24, 2.45) is 0 Å². The first-order valence-electron chi connectivity index (χ1n) is 6.18. The maximum Gasteiger partial charge on any atom is 0.247 e. The Bertz CT molecular complexity index is 453. The highest BCUT2D eigenvalue weighted by atomic mass is 35.5. The molecule has 1 amide bonds. The van der Waals surface area contributed by atoms with Crippen LogP contribution in [0.25, 0.3) is 0 Å². The van der Waals surface area contributed by atoms with E-state index in [1.54, 1.807) is 6.07 Å². The predicted molar refractivity (Wildman–Crippen MR) is 76.3 cm³/mol. The Morgan fingerprint density at radius 1 is 1.33 bits per heavy atom. The third kappa shape index (κ3) is 3.05. The average Bonchev–Trinajstić information content (AvgIpc) is 2.41. The van der Waals surface area contributed by atoms with Gasteiger partial charge in [0.25, 0.3) is 0 Å². The van der Waals surface area contributed by atoms with Gasteiger partial charge in [0.15, 0.2) is 0 Å². The topological polar surface area (TPSA) is 32.3 Å². The lowest BCUT2D eigenvalue weighted by atomic mass is 10.1. The Kier molecular flexibility index (Phi) is 4.26. The molecule has 1 aromatic rings. The fourth-order valence-electron chi connectivity index (χ4n) is 2.19. The summed E-state index contributed by atoms with van der Waals surface area (Å²) in [6.07, 6.45) is 4.91. The van der Waals surface area contributed by atoms with Crippen LogP contribution in [0.3, 0.4) is 0 Å². The van der Waals surface area contributed by atoms with Crippen LogP contribution in [0.5, 0.6) is 0 Å². The molecular weight excluding hydrogens is 248 g/mol. The van der Waals surface area contributed by atoms with Crippen LogP contribution in [-0.4, -0.2) is 19.0 Å². The van der Waals surface area contributed by atoms with Crippen molar-refractivity contribution in [2.45, 2.75) is 19.3 Å². The molecule has 0 aliphatic carbocycles. The summed E-state index contributed by atoms with van der Waals surface area (Å²) in [7, 11) is 0. The second kappa shape index (κ2) is 5.91. The summed E-state index contributed by atoms with van der Waals surface area (Å²) in [4.78, 5) is 13.7. The molecule has 3 nitrogen and oxygen atoms in total. The van der Waals surface area contributed by atoms with Gasteiger partial charge in [-0.1, -0.05) is 18.2 Å². The molecular formula is C14H17ClN2O. The molecule has 4 heteroatoms. The fraction of sp³-hybridized carbons (Fsp3) is 0.357. The molecule has 1 fully saturated rings. The van der Waals surface area contributed by atoms with Crippen molar-refractivity contribution in [3.63, 3.8) is 0 Å². The average molecular weight is 265 g/mol. The van der Waals surface area contributed by atoms with Gasteiger partial charge in [-0.05, 0) is 43.5 Å². The van der Waals surface area contributed by atoms with Gasteiger partial charge in [-0.3, -0.25) is 4.79 Å². The standard InChI is InChI=1S/C14H17ClN2O/c1-2-14(18)16-12-7-6-11(15)10-13(12)17-8-4-3-5-9-17/h2,6-7,10H,1,3-5,8-9H2,(H,16,18). The maximum atomic E-state index is 11.4. The number of piperidine rings is 1. The first-order valence-corrected chi connectivity index (χ1v) is 6.56. The Morgan fingerprint density at radius 3 is 2.72 bits per heavy atom. The van der Waals surface area contributed by atoms with E-state index in [9.17, 15) is 4.79 Å². The Balaban J connectivity index is 2.27. The number of nitrogens with zero attached hydrogens (tertiary/aromatic N) is 1. The minimum atomic E-state index is -0.199. The number of rotatable bonds is 3. The molecule has 96 valence electrons. The largest absolute Gasteiger partial charge is 0.370 e. The first kappa shape index (κ1) is 13.0. The number of nitrogens with one attached hydrogen (secondary N) is 1. The number of amides is 1. The molecule has 0 atom stereocenters. The van der Waals surface area contributed by atoms with E-state index >= 15 is 0 Å². The molecule has 0 bridgehead atoms. The van der Waals surface area contributed by atoms with E-state index in [2.05, 4.69) is 16.8 Å². The molecule has 0 spiro atoms. The Morgan fingerprint density at radius 2 is 2.06 bits per heavy atom. The van der Waals surface area contributed by atoms with Gasteiger partial charge in [-0.2, -0.15) is 0 Å². The second-order valence-electron chi connectivity index (χ2n) is 4.40. The molecule has 1 aliphatic rings. The second-order valence-corrected chi connectivity index (χ2v) is 4.84. The fourth-order valence-corrected chi connectivity index (χ4v) is 2.36. The molecule has 2 rings (SSSR count). The lowest BCUT2D eigenvalue weighted by Gasteiger charge is -2.30. The van der Waals surface area contributed by atoms with Crippen LogP contribution < -0.4 is 10.2 Å². The lowest BCUT2D eigenvalue weighted by molar-refractivity contribution is -0.111. The van der Waals surface area contributed by atoms with Gasteiger partial charge in [-0.25, -0.2) is 0 Å². The number of hydrogen-bond acceptors (Lipinski definition) is 2. The van der Waals surface area contributed by atoms with Crippen molar-refractivity contribution in [3.05, 3.63) is 35.9 Å². The van der Waals surface area contributed by atoms with Gasteiger partial charge in [0.05, 0.1) is 11.4 Å². The van der Waals surface area contributed by atoms with Gasteiger partial charge in [0, 0.05) is 18.1 Å². The Labute approximate surface area is 112 Å². The van der Waals surface area contributed by atoms with Crippen molar-refractivity contribution >= 4 is 28.9 Å². The van der Waals surface area contributed by atoms with Crippen molar-refractivity contribution in [1.82, 2.24) is 0 Å². The van der Waals surface area contributed by atoms with Crippen LogP contribution >= 0.6 is 11.6 Å². The zero-order valence-electron chi connectivity index (χ0n) is 10.3. The molecule has 0 radical (unpaired) electrons. The molecule has 1 aromatic carbocycles. The number of carbonyl (C=O) groups excluding carboxylic acids is 1. The van der Waals surface area contributed by atoms with Crippen LogP contribution in [0.4, 0.5) is 11.4 Å². The van der Waals surface area contributed by atoms with E-state index in [-0.39, 0.29) is 5.91 Å². The van der Waals surface area contributed by atoms with Crippen LogP contribution in [0, 0.1) is 0 Å². The SMILES string of the molecule is C=CC(=O)Nc1ccc(Cl)cc1N1CCCCC1. The van der Waals surface area contributed by atoms with Crippen LogP contribution in [0.1, 0.15) is 19.3 Å². The monoisotopic (exact) mass is 264 g/mol. The highest BCUT2D eigenvalue weighted by Gasteiger charge is 2.15. The lowest BCUT2D eigenvalue weighted by Crippen LogP contribution is -2.30. The summed E-state index contributed by atoms with van der Waals surface area (Å²) in [5.41, 5.74) is 1.80. The molecule has 1 N–H and O–H groups in total. The number of benzene rings is 1. The quantitative estimate of drug-likeness (QED) is 0.848. The van der Waals surface area contributed by atoms with E-state index in [0.717, 1.165) is 24.5 Å². The van der Waals surface area contributed by atoms with Crippen molar-refractivity contribution in [1.29, 1.82) is 0 Å². The van der Waals surface area contributed by atoms with Gasteiger partial charge >= 0.3 is 0 Å². The molecule has 1 aliphatic heterocycles. The van der Waals surface area contributed by atoms with E-state index in [1.807, 2.05) is 12.1 Å². The molecule has 1 saturated heterocycles. The number of halogens is 1. The summed E-state index contributed by atoms with van der Waals surface area (Å²) in [5.74, 6) is -0.199. The summed E-state index contributed by atoms with van der Waals surface area (Å²) >= 11 is 6.05. The summed E-state index contributed by atoms with van der Waals surface area (Å²) in [6, 6.07) is 5.53. The summed E-state index contributed by atoms with van der Waals surface area (Å²) in [6.45, 7) is 5.49. The van der Waals surface area contributed by atoms with Crippen LogP contribution in [0.2, 0.25) is 5.02 Å². The third-order valence-corrected chi connectivity index (χ3v) is 3.33. The zero-order chi connectivity index (χ0) is 13.0. The van der Waals surface area contributed by atoms with E-state index < -0.39 is 0 Å². The van der Waals surface area contributed by atoms with Gasteiger partial charge in [0.1, 0.15) is 0 Å². The minimum absolute atomic E-state index is 0.199. The van der Waals surface area contributed by atoms with Crippen molar-refractivity contribution < 1.29 is 4.79 Å². The zero-order valence-corrected chi connectivity index (χ0v) is 11.0. The highest BCUT2D eigenvalue weighted by Crippen LogP contribution is 2.31. The van der Waals surface area contributed by atoms with Gasteiger partial charge < -0.3 is 10.2 Å². The molecule has 18 heavy (non-hydrogen) atoms. The third-order valence-electron chi connectivity index (χ3n) is 3.10. The Hall–Kier alpha value is -1.48. The van der Waals surface area contributed by atoms with E-state index in [1.165, 1.54) is 25.3 Å². The highest BCUT2D eigenvalue weighted by molar-refractivity contribution is 6.31. The normalized spacial score (nSPS) is 15.3. The first-order chi connectivity index (χ1) is 8.70. The minimum Gasteiger partial charge on any atom is -0.370 e. The maximum absolute atomic E-state index is 11.4. The van der Waals surface area contributed by atoms with Gasteiger partial charge in [0.2, 0.25) is 5.91 Å². The molecule has 0 unspecified atom stereocenters. The summed E-state index contributed by atoms with van der Waals surface area (Å²) < 4.78 is 0. The number of carbonyl (C=O) groups is 1. The molecule has 1 heterocycles. The van der Waals surface area contributed by atoms with E-state index in [0.29, 0.717) is 5.02 Å². The van der Waals surface area contributed by atoms with E-state index in [4.69, 9.17) is 11.6 Å². The van der Waals surface area contributed by atoms with Gasteiger partial charge in [-0.15, -0.1) is 0 Å². The molecule has 0 saturated carbocycles.